The van der Waals surface area contributed by atoms with E-state index in [1.807, 2.05) is 48.3 Å². The van der Waals surface area contributed by atoms with Crippen molar-refractivity contribution in [3.63, 3.8) is 0 Å². The second-order valence-corrected chi connectivity index (χ2v) is 5.70. The van der Waals surface area contributed by atoms with Crippen LogP contribution >= 0.6 is 11.8 Å². The number of hydrogen-bond acceptors (Lipinski definition) is 3. The monoisotopic (exact) mass is 284 g/mol. The van der Waals surface area contributed by atoms with Crippen LogP contribution in [0.1, 0.15) is 6.42 Å². The minimum absolute atomic E-state index is 0.125. The first kappa shape index (κ1) is 13.2. The summed E-state index contributed by atoms with van der Waals surface area (Å²) in [6, 6.07) is 16.1. The quantitative estimate of drug-likeness (QED) is 0.937. The number of benzene rings is 2. The van der Waals surface area contributed by atoms with Crippen LogP contribution in [0, 0.1) is 0 Å². The van der Waals surface area contributed by atoms with Gasteiger partial charge in [0.15, 0.2) is 0 Å². The maximum absolute atomic E-state index is 12.6. The second-order valence-electron chi connectivity index (χ2n) is 4.62. The smallest absolute Gasteiger partial charge is 0.232 e. The Hall–Kier alpha value is -1.78. The van der Waals surface area contributed by atoms with Gasteiger partial charge in [-0.25, -0.2) is 0 Å². The van der Waals surface area contributed by atoms with Crippen molar-refractivity contribution in [3.05, 3.63) is 48.5 Å². The lowest BCUT2D eigenvalue weighted by molar-refractivity contribution is -0.117. The van der Waals surface area contributed by atoms with Gasteiger partial charge in [0, 0.05) is 22.8 Å². The number of rotatable bonds is 3. The number of carbonyl (C=O) groups excluding carboxylic acids is 1. The average molecular weight is 284 g/mol. The minimum atomic E-state index is 0.125. The highest BCUT2D eigenvalue weighted by Gasteiger charge is 2.27. The molecule has 1 amide bonds. The van der Waals surface area contributed by atoms with E-state index in [9.17, 15) is 4.79 Å². The van der Waals surface area contributed by atoms with Crippen molar-refractivity contribution in [3.8, 4) is 0 Å². The lowest BCUT2D eigenvalue weighted by atomic mass is 10.2. The number of hydrogen-bond donors (Lipinski definition) is 1. The van der Waals surface area contributed by atoms with Crippen LogP contribution in [0.4, 0.5) is 11.4 Å². The van der Waals surface area contributed by atoms with E-state index in [0.29, 0.717) is 13.0 Å². The summed E-state index contributed by atoms with van der Waals surface area (Å²) in [5.74, 6) is 0.125. The van der Waals surface area contributed by atoms with Crippen LogP contribution in [-0.4, -0.2) is 19.5 Å². The highest BCUT2D eigenvalue weighted by Crippen LogP contribution is 2.47. The van der Waals surface area contributed by atoms with Gasteiger partial charge < -0.3 is 5.32 Å². The molecule has 0 fully saturated rings. The summed E-state index contributed by atoms with van der Waals surface area (Å²) in [4.78, 5) is 16.7. The standard InChI is InChI=1S/C16H16N2OS/c1-17-11-10-16(19)18-12-6-2-4-8-14(12)20-15-9-5-3-7-13(15)18/h2-9,17H,10-11H2,1H3. The molecule has 3 nitrogen and oxygen atoms in total. The number of nitrogens with one attached hydrogen (secondary N) is 1. The lowest BCUT2D eigenvalue weighted by Crippen LogP contribution is -2.30. The van der Waals surface area contributed by atoms with Gasteiger partial charge in [-0.05, 0) is 31.3 Å². The fourth-order valence-corrected chi connectivity index (χ4v) is 3.37. The van der Waals surface area contributed by atoms with E-state index in [0.717, 1.165) is 21.2 Å². The van der Waals surface area contributed by atoms with E-state index >= 15 is 0 Å². The summed E-state index contributed by atoms with van der Waals surface area (Å²) in [6.45, 7) is 0.687. The number of amides is 1. The molecule has 1 N–H and O–H groups in total. The Morgan fingerprint density at radius 3 is 2.15 bits per heavy atom. The lowest BCUT2D eigenvalue weighted by Gasteiger charge is -2.31. The van der Waals surface area contributed by atoms with Crippen molar-refractivity contribution in [1.29, 1.82) is 0 Å². The van der Waals surface area contributed by atoms with Gasteiger partial charge in [-0.2, -0.15) is 0 Å². The van der Waals surface area contributed by atoms with E-state index in [-0.39, 0.29) is 5.91 Å². The maximum Gasteiger partial charge on any atom is 0.232 e. The van der Waals surface area contributed by atoms with Gasteiger partial charge in [0.05, 0.1) is 11.4 Å². The molecule has 0 saturated heterocycles. The van der Waals surface area contributed by atoms with Crippen LogP contribution in [0.2, 0.25) is 0 Å². The van der Waals surface area contributed by atoms with Gasteiger partial charge >= 0.3 is 0 Å². The van der Waals surface area contributed by atoms with Crippen molar-refractivity contribution in [1.82, 2.24) is 5.32 Å². The van der Waals surface area contributed by atoms with Gasteiger partial charge in [0.1, 0.15) is 0 Å². The van der Waals surface area contributed by atoms with E-state index in [2.05, 4.69) is 17.4 Å². The Morgan fingerprint density at radius 1 is 1.05 bits per heavy atom. The fourth-order valence-electron chi connectivity index (χ4n) is 2.32. The summed E-state index contributed by atoms with van der Waals surface area (Å²) in [6.07, 6.45) is 0.490. The molecule has 102 valence electrons. The topological polar surface area (TPSA) is 32.3 Å². The Balaban J connectivity index is 2.05. The largest absolute Gasteiger partial charge is 0.319 e. The van der Waals surface area contributed by atoms with Gasteiger partial charge in [-0.15, -0.1) is 0 Å². The van der Waals surface area contributed by atoms with Crippen LogP contribution in [0.15, 0.2) is 58.3 Å². The van der Waals surface area contributed by atoms with Crippen LogP contribution in [-0.2, 0) is 4.79 Å². The van der Waals surface area contributed by atoms with Crippen molar-refractivity contribution in [2.75, 3.05) is 18.5 Å². The first-order valence-corrected chi connectivity index (χ1v) is 7.46. The fraction of sp³-hybridized carbons (Fsp3) is 0.188. The number of carbonyl (C=O) groups is 1. The molecule has 0 aliphatic carbocycles. The van der Waals surface area contributed by atoms with Crippen molar-refractivity contribution < 1.29 is 4.79 Å². The molecule has 0 radical (unpaired) electrons. The molecule has 0 saturated carbocycles. The molecule has 20 heavy (non-hydrogen) atoms. The molecule has 3 rings (SSSR count). The molecule has 1 heterocycles. The van der Waals surface area contributed by atoms with Gasteiger partial charge in [-0.1, -0.05) is 36.0 Å². The summed E-state index contributed by atoms with van der Waals surface area (Å²) >= 11 is 1.72. The Labute approximate surface area is 123 Å². The number of nitrogens with zero attached hydrogens (tertiary/aromatic N) is 1. The SMILES string of the molecule is CNCCC(=O)N1c2ccccc2Sc2ccccc21. The molecule has 0 aromatic heterocycles. The second kappa shape index (κ2) is 5.69. The van der Waals surface area contributed by atoms with E-state index < -0.39 is 0 Å². The highest BCUT2D eigenvalue weighted by molar-refractivity contribution is 7.99. The molecule has 0 spiro atoms. The molecular weight excluding hydrogens is 268 g/mol. The molecule has 0 bridgehead atoms. The summed E-state index contributed by atoms with van der Waals surface area (Å²) in [5.41, 5.74) is 1.97. The minimum Gasteiger partial charge on any atom is -0.319 e. The van der Waals surface area contributed by atoms with Gasteiger partial charge in [0.25, 0.3) is 0 Å². The number of fused-ring (bicyclic) bond motifs is 2. The number of anilines is 2. The van der Waals surface area contributed by atoms with Crippen molar-refractivity contribution >= 4 is 29.0 Å². The molecule has 4 heteroatoms. The third kappa shape index (κ3) is 2.32. The maximum atomic E-state index is 12.6. The van der Waals surface area contributed by atoms with Crippen LogP contribution in [0.3, 0.4) is 0 Å². The van der Waals surface area contributed by atoms with Crippen molar-refractivity contribution in [2.24, 2.45) is 0 Å². The summed E-state index contributed by atoms with van der Waals surface area (Å²) < 4.78 is 0. The zero-order chi connectivity index (χ0) is 13.9. The predicted molar refractivity (Wildman–Crippen MR) is 82.7 cm³/mol. The zero-order valence-corrected chi connectivity index (χ0v) is 12.1. The normalized spacial score (nSPS) is 12.8. The highest BCUT2D eigenvalue weighted by atomic mass is 32.2. The third-order valence-electron chi connectivity index (χ3n) is 3.27. The first-order valence-electron chi connectivity index (χ1n) is 6.65. The van der Waals surface area contributed by atoms with Crippen LogP contribution < -0.4 is 10.2 Å². The average Bonchev–Trinajstić information content (AvgIpc) is 2.50. The predicted octanol–water partition coefficient (Wildman–Crippen LogP) is 3.43. The Kier molecular flexibility index (Phi) is 3.76. The third-order valence-corrected chi connectivity index (χ3v) is 4.40. The van der Waals surface area contributed by atoms with E-state index in [4.69, 9.17) is 0 Å². The summed E-state index contributed by atoms with van der Waals surface area (Å²) in [7, 11) is 1.86. The van der Waals surface area contributed by atoms with Gasteiger partial charge in [-0.3, -0.25) is 9.69 Å². The Bertz CT molecular complexity index is 596. The molecule has 2 aromatic carbocycles. The Morgan fingerprint density at radius 2 is 1.60 bits per heavy atom. The molecule has 0 atom stereocenters. The van der Waals surface area contributed by atoms with Crippen LogP contribution in [0.5, 0.6) is 0 Å². The molecule has 1 aliphatic heterocycles. The van der Waals surface area contributed by atoms with E-state index in [1.54, 1.807) is 11.8 Å². The van der Waals surface area contributed by atoms with Gasteiger partial charge in [0.2, 0.25) is 5.91 Å². The van der Waals surface area contributed by atoms with Crippen LogP contribution in [0.25, 0.3) is 0 Å². The molecule has 1 aliphatic rings. The van der Waals surface area contributed by atoms with Crippen molar-refractivity contribution in [2.45, 2.75) is 16.2 Å². The number of para-hydroxylation sites is 2. The molecule has 2 aromatic rings. The molecule has 0 unspecified atom stereocenters. The van der Waals surface area contributed by atoms with E-state index in [1.165, 1.54) is 0 Å². The first-order chi connectivity index (χ1) is 9.81. The molecular formula is C16H16N2OS. The summed E-state index contributed by atoms with van der Waals surface area (Å²) in [5, 5.41) is 3.03. The zero-order valence-electron chi connectivity index (χ0n) is 11.3.